The maximum atomic E-state index is 12.0. The zero-order valence-corrected chi connectivity index (χ0v) is 15.5. The van der Waals surface area contributed by atoms with Crippen molar-refractivity contribution in [3.05, 3.63) is 71.8 Å². The highest BCUT2D eigenvalue weighted by Crippen LogP contribution is 2.22. The molecule has 0 unspecified atom stereocenters. The van der Waals surface area contributed by atoms with Crippen molar-refractivity contribution >= 4 is 5.91 Å². The van der Waals surface area contributed by atoms with Gasteiger partial charge in [0.2, 0.25) is 5.91 Å². The molecule has 1 amide bonds. The standard InChI is InChI=1S/C20H22N6O2/c27-20-15-26-14-18(23-24-26)13-25(11-16-4-3-7-21-10-16)12-17-5-1-2-6-19(17)28-9-8-22-20/h1-7,10,14H,8-9,11-13,15H2,(H,22,27). The number of amides is 1. The molecule has 3 aromatic rings. The predicted molar refractivity (Wildman–Crippen MR) is 102 cm³/mol. The molecule has 0 fully saturated rings. The zero-order chi connectivity index (χ0) is 19.2. The number of benzene rings is 1. The highest BCUT2D eigenvalue weighted by molar-refractivity contribution is 5.75. The summed E-state index contributed by atoms with van der Waals surface area (Å²) in [6.45, 7) is 3.01. The van der Waals surface area contributed by atoms with E-state index < -0.39 is 0 Å². The number of nitrogens with zero attached hydrogens (tertiary/aromatic N) is 5. The third-order valence-corrected chi connectivity index (χ3v) is 4.45. The molecular weight excluding hydrogens is 356 g/mol. The van der Waals surface area contributed by atoms with E-state index in [0.29, 0.717) is 26.2 Å². The van der Waals surface area contributed by atoms with Gasteiger partial charge >= 0.3 is 0 Å². The SMILES string of the molecule is O=C1Cn2cc(nn2)CN(Cc2cccnc2)Cc2ccccc2OCCN1. The van der Waals surface area contributed by atoms with Crippen LogP contribution in [-0.2, 0) is 31.0 Å². The van der Waals surface area contributed by atoms with Crippen LogP contribution in [0.2, 0.25) is 0 Å². The number of fused-ring (bicyclic) bond motifs is 3. The summed E-state index contributed by atoms with van der Waals surface area (Å²) >= 11 is 0. The molecule has 28 heavy (non-hydrogen) atoms. The first-order chi connectivity index (χ1) is 13.8. The highest BCUT2D eigenvalue weighted by atomic mass is 16.5. The summed E-state index contributed by atoms with van der Waals surface area (Å²) in [5.41, 5.74) is 3.02. The average molecular weight is 378 g/mol. The van der Waals surface area contributed by atoms with E-state index in [1.165, 1.54) is 0 Å². The van der Waals surface area contributed by atoms with E-state index in [2.05, 4.69) is 37.6 Å². The maximum Gasteiger partial charge on any atom is 0.241 e. The molecule has 8 nitrogen and oxygen atoms in total. The number of carbonyl (C=O) groups is 1. The van der Waals surface area contributed by atoms with E-state index in [9.17, 15) is 4.79 Å². The minimum absolute atomic E-state index is 0.113. The second kappa shape index (κ2) is 8.62. The van der Waals surface area contributed by atoms with Gasteiger partial charge in [-0.3, -0.25) is 14.7 Å². The second-order valence-corrected chi connectivity index (χ2v) is 6.72. The summed E-state index contributed by atoms with van der Waals surface area (Å²) in [5, 5.41) is 11.2. The molecule has 3 heterocycles. The molecule has 1 N–H and O–H groups in total. The van der Waals surface area contributed by atoms with Gasteiger partial charge in [-0.15, -0.1) is 5.10 Å². The Balaban J connectivity index is 1.62. The van der Waals surface area contributed by atoms with Crippen molar-refractivity contribution < 1.29 is 9.53 Å². The van der Waals surface area contributed by atoms with Gasteiger partial charge in [0, 0.05) is 37.6 Å². The van der Waals surface area contributed by atoms with Gasteiger partial charge < -0.3 is 10.1 Å². The molecule has 0 radical (unpaired) electrons. The van der Waals surface area contributed by atoms with Gasteiger partial charge in [-0.2, -0.15) is 0 Å². The molecule has 8 heteroatoms. The van der Waals surface area contributed by atoms with E-state index in [-0.39, 0.29) is 12.5 Å². The van der Waals surface area contributed by atoms with Crippen LogP contribution in [0.3, 0.4) is 0 Å². The summed E-state index contributed by atoms with van der Waals surface area (Å²) in [6.07, 6.45) is 5.46. The number of carbonyl (C=O) groups excluding carboxylic acids is 1. The van der Waals surface area contributed by atoms with Crippen molar-refractivity contribution in [1.82, 2.24) is 30.2 Å². The summed E-state index contributed by atoms with van der Waals surface area (Å²) in [4.78, 5) is 18.5. The minimum Gasteiger partial charge on any atom is -0.491 e. The Labute approximate surface area is 163 Å². The lowest BCUT2D eigenvalue weighted by Crippen LogP contribution is -2.31. The van der Waals surface area contributed by atoms with Crippen molar-refractivity contribution in [3.63, 3.8) is 0 Å². The van der Waals surface area contributed by atoms with Crippen LogP contribution in [0.1, 0.15) is 16.8 Å². The van der Waals surface area contributed by atoms with E-state index in [1.807, 2.05) is 36.7 Å². The molecule has 0 atom stereocenters. The minimum atomic E-state index is -0.113. The number of para-hydroxylation sites is 1. The summed E-state index contributed by atoms with van der Waals surface area (Å²) in [7, 11) is 0. The van der Waals surface area contributed by atoms with Crippen molar-refractivity contribution in [2.75, 3.05) is 13.2 Å². The Morgan fingerprint density at radius 1 is 1.11 bits per heavy atom. The largest absolute Gasteiger partial charge is 0.491 e. The highest BCUT2D eigenvalue weighted by Gasteiger charge is 2.15. The first kappa shape index (κ1) is 18.1. The van der Waals surface area contributed by atoms with E-state index in [4.69, 9.17) is 4.74 Å². The van der Waals surface area contributed by atoms with Crippen LogP contribution < -0.4 is 10.1 Å². The van der Waals surface area contributed by atoms with E-state index in [1.54, 1.807) is 10.9 Å². The average Bonchev–Trinajstić information content (AvgIpc) is 3.13. The monoisotopic (exact) mass is 378 g/mol. The number of aromatic nitrogens is 4. The molecule has 0 spiro atoms. The normalized spacial score (nSPS) is 15.8. The lowest BCUT2D eigenvalue weighted by Gasteiger charge is -2.23. The van der Waals surface area contributed by atoms with Crippen LogP contribution in [0, 0.1) is 0 Å². The van der Waals surface area contributed by atoms with Crippen LogP contribution in [-0.4, -0.2) is 43.9 Å². The molecule has 1 aromatic carbocycles. The number of rotatable bonds is 2. The fourth-order valence-corrected chi connectivity index (χ4v) is 3.21. The maximum absolute atomic E-state index is 12.0. The molecule has 1 aliphatic heterocycles. The Bertz CT molecular complexity index is 927. The lowest BCUT2D eigenvalue weighted by atomic mass is 10.1. The number of pyridine rings is 1. The summed E-state index contributed by atoms with van der Waals surface area (Å²) in [6, 6.07) is 12.0. The van der Waals surface area contributed by atoms with Crippen LogP contribution in [0.15, 0.2) is 55.0 Å². The van der Waals surface area contributed by atoms with E-state index >= 15 is 0 Å². The molecular formula is C20H22N6O2. The van der Waals surface area contributed by atoms with Crippen LogP contribution in [0.5, 0.6) is 5.75 Å². The molecule has 4 rings (SSSR count). The van der Waals surface area contributed by atoms with Crippen LogP contribution in [0.4, 0.5) is 0 Å². The molecule has 0 saturated heterocycles. The number of hydrogen-bond acceptors (Lipinski definition) is 6. The van der Waals surface area contributed by atoms with Gasteiger partial charge in [0.25, 0.3) is 0 Å². The Morgan fingerprint density at radius 2 is 2.04 bits per heavy atom. The molecule has 0 saturated carbocycles. The quantitative estimate of drug-likeness (QED) is 0.725. The zero-order valence-electron chi connectivity index (χ0n) is 15.5. The molecule has 144 valence electrons. The predicted octanol–water partition coefficient (Wildman–Crippen LogP) is 1.38. The molecule has 2 bridgehead atoms. The summed E-state index contributed by atoms with van der Waals surface area (Å²) in [5.74, 6) is 0.714. The Morgan fingerprint density at radius 3 is 2.93 bits per heavy atom. The topological polar surface area (TPSA) is 85.2 Å². The third kappa shape index (κ3) is 4.72. The van der Waals surface area contributed by atoms with Crippen LogP contribution >= 0.6 is 0 Å². The summed E-state index contributed by atoms with van der Waals surface area (Å²) < 4.78 is 7.48. The van der Waals surface area contributed by atoms with Gasteiger partial charge in [0.1, 0.15) is 18.9 Å². The third-order valence-electron chi connectivity index (χ3n) is 4.45. The van der Waals surface area contributed by atoms with Gasteiger partial charge in [-0.1, -0.05) is 29.5 Å². The van der Waals surface area contributed by atoms with Crippen molar-refractivity contribution in [2.45, 2.75) is 26.2 Å². The van der Waals surface area contributed by atoms with Gasteiger partial charge in [0.05, 0.1) is 18.4 Å². The van der Waals surface area contributed by atoms with Gasteiger partial charge in [-0.05, 0) is 17.7 Å². The fourth-order valence-electron chi connectivity index (χ4n) is 3.21. The van der Waals surface area contributed by atoms with Crippen molar-refractivity contribution in [1.29, 1.82) is 0 Å². The van der Waals surface area contributed by atoms with Gasteiger partial charge in [0.15, 0.2) is 0 Å². The van der Waals surface area contributed by atoms with Crippen molar-refractivity contribution in [2.24, 2.45) is 0 Å². The lowest BCUT2D eigenvalue weighted by molar-refractivity contribution is -0.121. The Kier molecular flexibility index (Phi) is 5.58. The molecule has 1 aliphatic rings. The molecule has 2 aromatic heterocycles. The first-order valence-electron chi connectivity index (χ1n) is 9.24. The smallest absolute Gasteiger partial charge is 0.241 e. The van der Waals surface area contributed by atoms with Gasteiger partial charge in [-0.25, -0.2) is 4.68 Å². The van der Waals surface area contributed by atoms with Crippen molar-refractivity contribution in [3.8, 4) is 5.75 Å². The van der Waals surface area contributed by atoms with E-state index in [0.717, 1.165) is 29.1 Å². The number of nitrogens with one attached hydrogen (secondary N) is 1. The number of ether oxygens (including phenoxy) is 1. The fraction of sp³-hybridized carbons (Fsp3) is 0.300. The Hall–Kier alpha value is -3.26. The second-order valence-electron chi connectivity index (χ2n) is 6.72. The first-order valence-corrected chi connectivity index (χ1v) is 9.24. The van der Waals surface area contributed by atoms with Crippen LogP contribution in [0.25, 0.3) is 0 Å². The number of hydrogen-bond donors (Lipinski definition) is 1. The molecule has 0 aliphatic carbocycles.